The number of rotatable bonds is 4. The van der Waals surface area contributed by atoms with Gasteiger partial charge in [-0.15, -0.1) is 0 Å². The van der Waals surface area contributed by atoms with Crippen LogP contribution in [0.4, 0.5) is 10.1 Å². The SMILES string of the molecule is COc1ccc2c(c[n+]3c4c2ccc2c5c(cc(c24)CC3)OCO5)c1OC(=O)c1ccc(F)c([N+](=O)[O-])c1. The van der Waals surface area contributed by atoms with E-state index in [1.165, 1.54) is 12.7 Å². The average molecular weight is 513 g/mol. The van der Waals surface area contributed by atoms with Crippen molar-refractivity contribution in [3.8, 4) is 23.0 Å². The summed E-state index contributed by atoms with van der Waals surface area (Å²) in [6.07, 6.45) is 2.69. The molecule has 0 unspecified atom stereocenters. The van der Waals surface area contributed by atoms with Gasteiger partial charge in [0.05, 0.1) is 33.8 Å². The zero-order chi connectivity index (χ0) is 26.1. The molecular weight excluding hydrogens is 495 g/mol. The molecule has 0 radical (unpaired) electrons. The van der Waals surface area contributed by atoms with Crippen molar-refractivity contribution in [2.24, 2.45) is 0 Å². The summed E-state index contributed by atoms with van der Waals surface area (Å²) in [5.41, 5.74) is 1.25. The number of methoxy groups -OCH3 is 1. The highest BCUT2D eigenvalue weighted by Gasteiger charge is 2.30. The van der Waals surface area contributed by atoms with Crippen molar-refractivity contribution in [1.29, 1.82) is 0 Å². The number of nitro groups is 1. The Morgan fingerprint density at radius 1 is 1.05 bits per heavy atom. The van der Waals surface area contributed by atoms with Gasteiger partial charge in [0.15, 0.2) is 35.7 Å². The standard InChI is InChI=1S/C28H18FN2O7/c1-35-22-7-5-16-17-3-4-18-24-14(11-23-26(18)37-13-36-23)8-9-30(25(17)24)12-19(16)27(22)38-28(32)15-2-6-20(29)21(10-15)31(33)34/h2-7,10-12H,8-9,13H2,1H3/q+1. The van der Waals surface area contributed by atoms with Crippen molar-refractivity contribution in [3.05, 3.63) is 81.8 Å². The lowest BCUT2D eigenvalue weighted by Crippen LogP contribution is -2.38. The molecule has 3 heterocycles. The van der Waals surface area contributed by atoms with Gasteiger partial charge in [0.25, 0.3) is 0 Å². The van der Waals surface area contributed by atoms with Crippen LogP contribution in [0.2, 0.25) is 0 Å². The van der Waals surface area contributed by atoms with Gasteiger partial charge in [-0.1, -0.05) is 0 Å². The number of ether oxygens (including phenoxy) is 4. The van der Waals surface area contributed by atoms with Crippen LogP contribution in [0.5, 0.6) is 23.0 Å². The fourth-order valence-electron chi connectivity index (χ4n) is 5.43. The van der Waals surface area contributed by atoms with Gasteiger partial charge >= 0.3 is 11.7 Å². The molecule has 5 aromatic rings. The number of esters is 1. The van der Waals surface area contributed by atoms with E-state index >= 15 is 0 Å². The van der Waals surface area contributed by atoms with Crippen LogP contribution in [0.1, 0.15) is 15.9 Å². The zero-order valence-electron chi connectivity index (χ0n) is 19.9. The average Bonchev–Trinajstić information content (AvgIpc) is 3.40. The van der Waals surface area contributed by atoms with Gasteiger partial charge < -0.3 is 18.9 Å². The molecule has 0 saturated carbocycles. The molecular formula is C28H18FN2O7+. The molecule has 9 nitrogen and oxygen atoms in total. The maximum absolute atomic E-state index is 13.8. The van der Waals surface area contributed by atoms with Crippen molar-refractivity contribution in [1.82, 2.24) is 0 Å². The van der Waals surface area contributed by atoms with E-state index in [0.29, 0.717) is 17.7 Å². The molecule has 0 atom stereocenters. The second-order valence-corrected chi connectivity index (χ2v) is 9.10. The Morgan fingerprint density at radius 2 is 1.87 bits per heavy atom. The summed E-state index contributed by atoms with van der Waals surface area (Å²) in [4.78, 5) is 23.3. The van der Waals surface area contributed by atoms with Crippen molar-refractivity contribution >= 4 is 44.1 Å². The minimum absolute atomic E-state index is 0.154. The normalized spacial score (nSPS) is 13.4. The molecule has 0 spiro atoms. The monoisotopic (exact) mass is 513 g/mol. The van der Waals surface area contributed by atoms with Gasteiger partial charge in [0, 0.05) is 23.3 Å². The van der Waals surface area contributed by atoms with E-state index in [2.05, 4.69) is 4.57 Å². The van der Waals surface area contributed by atoms with Crippen molar-refractivity contribution in [2.75, 3.05) is 13.9 Å². The topological polar surface area (TPSA) is 101 Å². The van der Waals surface area contributed by atoms with Crippen LogP contribution < -0.4 is 23.5 Å². The number of aromatic nitrogens is 1. The zero-order valence-corrected chi connectivity index (χ0v) is 19.9. The van der Waals surface area contributed by atoms with E-state index in [1.807, 2.05) is 30.5 Å². The van der Waals surface area contributed by atoms with E-state index in [4.69, 9.17) is 18.9 Å². The summed E-state index contributed by atoms with van der Waals surface area (Å²) < 4.78 is 38.6. The number of nitro benzene ring substituents is 1. The number of hydrogen-bond donors (Lipinski definition) is 0. The summed E-state index contributed by atoms with van der Waals surface area (Å²) in [6.45, 7) is 0.877. The highest BCUT2D eigenvalue weighted by atomic mass is 19.1. The Hall–Kier alpha value is -4.99. The van der Waals surface area contributed by atoms with Crippen LogP contribution in [0.25, 0.3) is 32.4 Å². The first-order chi connectivity index (χ1) is 18.4. The van der Waals surface area contributed by atoms with Gasteiger partial charge in [-0.25, -0.2) is 4.79 Å². The minimum Gasteiger partial charge on any atom is -0.493 e. The Kier molecular flexibility index (Phi) is 4.68. The molecule has 7 rings (SSSR count). The predicted molar refractivity (Wildman–Crippen MR) is 134 cm³/mol. The molecule has 2 aliphatic heterocycles. The number of carbonyl (C=O) groups is 1. The van der Waals surface area contributed by atoms with Crippen LogP contribution in [-0.2, 0) is 13.0 Å². The number of pyridine rings is 1. The maximum atomic E-state index is 13.8. The minimum atomic E-state index is -1.04. The lowest BCUT2D eigenvalue weighted by molar-refractivity contribution is -0.670. The fraction of sp³-hybridized carbons (Fsp3) is 0.143. The second kappa shape index (κ2) is 8.01. The summed E-state index contributed by atoms with van der Waals surface area (Å²) in [7, 11) is 1.46. The summed E-state index contributed by atoms with van der Waals surface area (Å²) in [5, 5.41) is 15.6. The van der Waals surface area contributed by atoms with Gasteiger partial charge in [0.1, 0.15) is 0 Å². The quantitative estimate of drug-likeness (QED) is 0.0833. The Labute approximate surface area is 213 Å². The lowest BCUT2D eigenvalue weighted by atomic mass is 9.93. The van der Waals surface area contributed by atoms with Crippen LogP contribution >= 0.6 is 0 Å². The molecule has 4 aromatic carbocycles. The van der Waals surface area contributed by atoms with Crippen LogP contribution in [-0.4, -0.2) is 24.8 Å². The Bertz CT molecular complexity index is 1890. The molecule has 188 valence electrons. The first-order valence-corrected chi connectivity index (χ1v) is 11.8. The predicted octanol–water partition coefficient (Wildman–Crippen LogP) is 4.99. The molecule has 10 heteroatoms. The van der Waals surface area contributed by atoms with Crippen LogP contribution in [0.3, 0.4) is 0 Å². The molecule has 1 aromatic heterocycles. The number of benzene rings is 4. The number of nitrogens with zero attached hydrogens (tertiary/aromatic N) is 2. The summed E-state index contributed by atoms with van der Waals surface area (Å²) >= 11 is 0. The van der Waals surface area contributed by atoms with E-state index in [1.54, 1.807) is 6.07 Å². The third kappa shape index (κ3) is 3.09. The maximum Gasteiger partial charge on any atom is 0.343 e. The first kappa shape index (κ1) is 22.2. The molecule has 0 N–H and O–H groups in total. The van der Waals surface area contributed by atoms with Crippen molar-refractivity contribution < 1.29 is 37.6 Å². The van der Waals surface area contributed by atoms with E-state index in [-0.39, 0.29) is 18.1 Å². The van der Waals surface area contributed by atoms with Crippen molar-refractivity contribution in [3.63, 3.8) is 0 Å². The fourth-order valence-corrected chi connectivity index (χ4v) is 5.43. The molecule has 0 fully saturated rings. The number of carbonyl (C=O) groups excluding carboxylic acids is 1. The van der Waals surface area contributed by atoms with E-state index in [0.717, 1.165) is 63.2 Å². The highest BCUT2D eigenvalue weighted by molar-refractivity contribution is 6.17. The summed E-state index contributed by atoms with van der Waals surface area (Å²) in [6, 6.07) is 12.6. The van der Waals surface area contributed by atoms with E-state index in [9.17, 15) is 19.3 Å². The van der Waals surface area contributed by atoms with Gasteiger partial charge in [-0.2, -0.15) is 8.96 Å². The second-order valence-electron chi connectivity index (χ2n) is 9.10. The van der Waals surface area contributed by atoms with Crippen LogP contribution in [0, 0.1) is 15.9 Å². The number of halogens is 1. The lowest BCUT2D eigenvalue weighted by Gasteiger charge is -2.18. The molecule has 0 aliphatic carbocycles. The summed E-state index contributed by atoms with van der Waals surface area (Å²) in [5.74, 6) is 0.0640. The van der Waals surface area contributed by atoms with Crippen LogP contribution in [0.15, 0.2) is 54.7 Å². The number of hydrogen-bond acceptors (Lipinski definition) is 7. The molecule has 2 aliphatic rings. The van der Waals surface area contributed by atoms with Gasteiger partial charge in [-0.3, -0.25) is 10.1 Å². The third-order valence-electron chi connectivity index (χ3n) is 7.13. The largest absolute Gasteiger partial charge is 0.493 e. The Balaban J connectivity index is 1.44. The smallest absolute Gasteiger partial charge is 0.343 e. The molecule has 38 heavy (non-hydrogen) atoms. The van der Waals surface area contributed by atoms with E-state index < -0.39 is 22.4 Å². The third-order valence-corrected chi connectivity index (χ3v) is 7.13. The van der Waals surface area contributed by atoms with Gasteiger partial charge in [-0.05, 0) is 48.0 Å². The molecule has 0 amide bonds. The first-order valence-electron chi connectivity index (χ1n) is 11.8. The number of fused-ring (bicyclic) bond motifs is 4. The highest BCUT2D eigenvalue weighted by Crippen LogP contribution is 2.46. The Morgan fingerprint density at radius 3 is 2.68 bits per heavy atom. The molecule has 0 saturated heterocycles. The van der Waals surface area contributed by atoms with Crippen molar-refractivity contribution in [2.45, 2.75) is 13.0 Å². The van der Waals surface area contributed by atoms with Gasteiger partial charge in [0.2, 0.25) is 18.1 Å². The number of aryl methyl sites for hydroxylation is 2. The molecule has 0 bridgehead atoms.